The van der Waals surface area contributed by atoms with Crippen LogP contribution in [0.25, 0.3) is 0 Å². The van der Waals surface area contributed by atoms with Gasteiger partial charge in [0.15, 0.2) is 0 Å². The van der Waals surface area contributed by atoms with Crippen LogP contribution in [-0.4, -0.2) is 40.0 Å². The highest BCUT2D eigenvalue weighted by atomic mass is 32.2. The summed E-state index contributed by atoms with van der Waals surface area (Å²) in [4.78, 5) is 0. The number of ether oxygens (including phenoxy) is 1. The zero-order valence-corrected chi connectivity index (χ0v) is 9.77. The number of rotatable bonds is 4. The SMILES string of the molecule is OC1CSC(COCc2ccccc2)C1O. The quantitative estimate of drug-likeness (QED) is 0.825. The fourth-order valence-electron chi connectivity index (χ4n) is 1.68. The third kappa shape index (κ3) is 2.98. The molecule has 1 aromatic rings. The number of aliphatic hydroxyl groups excluding tert-OH is 2. The Morgan fingerprint density at radius 3 is 2.62 bits per heavy atom. The van der Waals surface area contributed by atoms with Crippen LogP contribution in [0, 0.1) is 0 Å². The normalized spacial score (nSPS) is 29.5. The number of hydrogen-bond donors (Lipinski definition) is 2. The van der Waals surface area contributed by atoms with E-state index in [-0.39, 0.29) is 5.25 Å². The molecule has 0 spiro atoms. The summed E-state index contributed by atoms with van der Waals surface area (Å²) in [6.45, 7) is 1.04. The minimum absolute atomic E-state index is 0.00119. The zero-order chi connectivity index (χ0) is 11.4. The van der Waals surface area contributed by atoms with E-state index in [1.807, 2.05) is 30.3 Å². The summed E-state index contributed by atoms with van der Waals surface area (Å²) in [5.41, 5.74) is 1.13. The molecule has 1 aliphatic heterocycles. The van der Waals surface area contributed by atoms with Gasteiger partial charge in [0.1, 0.15) is 0 Å². The molecule has 0 aliphatic carbocycles. The summed E-state index contributed by atoms with van der Waals surface area (Å²) in [5.74, 6) is 0.598. The fraction of sp³-hybridized carbons (Fsp3) is 0.500. The smallest absolute Gasteiger partial charge is 0.0947 e. The summed E-state index contributed by atoms with van der Waals surface area (Å²) in [6.07, 6.45) is -1.25. The molecule has 0 amide bonds. The predicted octanol–water partition coefficient (Wildman–Crippen LogP) is 1.04. The maximum atomic E-state index is 9.60. The van der Waals surface area contributed by atoms with Crippen molar-refractivity contribution in [1.82, 2.24) is 0 Å². The molecule has 0 saturated carbocycles. The molecule has 1 aromatic carbocycles. The van der Waals surface area contributed by atoms with Gasteiger partial charge in [-0.2, -0.15) is 11.8 Å². The first-order valence-electron chi connectivity index (χ1n) is 5.37. The Balaban J connectivity index is 1.73. The van der Waals surface area contributed by atoms with Crippen LogP contribution in [-0.2, 0) is 11.3 Å². The molecular formula is C12H16O3S. The summed E-state index contributed by atoms with van der Waals surface area (Å²) in [5, 5.41) is 19.0. The lowest BCUT2D eigenvalue weighted by molar-refractivity contribution is 0.0183. The van der Waals surface area contributed by atoms with E-state index in [1.165, 1.54) is 0 Å². The van der Waals surface area contributed by atoms with Gasteiger partial charge in [-0.1, -0.05) is 30.3 Å². The van der Waals surface area contributed by atoms with E-state index >= 15 is 0 Å². The third-order valence-corrected chi connectivity index (χ3v) is 4.03. The van der Waals surface area contributed by atoms with Crippen LogP contribution in [0.5, 0.6) is 0 Å². The van der Waals surface area contributed by atoms with Gasteiger partial charge < -0.3 is 14.9 Å². The van der Waals surface area contributed by atoms with Crippen molar-refractivity contribution in [3.8, 4) is 0 Å². The van der Waals surface area contributed by atoms with Crippen LogP contribution in [0.15, 0.2) is 30.3 Å². The van der Waals surface area contributed by atoms with Crippen molar-refractivity contribution in [3.63, 3.8) is 0 Å². The third-order valence-electron chi connectivity index (χ3n) is 2.65. The van der Waals surface area contributed by atoms with Gasteiger partial charge in [0.05, 0.1) is 30.7 Å². The molecule has 2 N–H and O–H groups in total. The van der Waals surface area contributed by atoms with Gasteiger partial charge in [0.25, 0.3) is 0 Å². The predicted molar refractivity (Wildman–Crippen MR) is 64.4 cm³/mol. The van der Waals surface area contributed by atoms with Crippen molar-refractivity contribution in [2.75, 3.05) is 12.4 Å². The molecule has 1 aliphatic rings. The second kappa shape index (κ2) is 5.68. The number of hydrogen-bond acceptors (Lipinski definition) is 4. The van der Waals surface area contributed by atoms with Crippen molar-refractivity contribution in [2.45, 2.75) is 24.1 Å². The lowest BCUT2D eigenvalue weighted by Crippen LogP contribution is -2.31. The van der Waals surface area contributed by atoms with Crippen molar-refractivity contribution >= 4 is 11.8 Å². The Bertz CT molecular complexity index is 317. The van der Waals surface area contributed by atoms with E-state index < -0.39 is 12.2 Å². The average Bonchev–Trinajstić information content (AvgIpc) is 2.62. The van der Waals surface area contributed by atoms with Gasteiger partial charge >= 0.3 is 0 Å². The van der Waals surface area contributed by atoms with Gasteiger partial charge in [0, 0.05) is 5.75 Å². The van der Waals surface area contributed by atoms with Crippen LogP contribution in [0.2, 0.25) is 0 Å². The van der Waals surface area contributed by atoms with Crippen LogP contribution < -0.4 is 0 Å². The average molecular weight is 240 g/mol. The van der Waals surface area contributed by atoms with E-state index in [2.05, 4.69) is 0 Å². The van der Waals surface area contributed by atoms with E-state index in [1.54, 1.807) is 11.8 Å². The molecule has 0 bridgehead atoms. The van der Waals surface area contributed by atoms with E-state index in [0.717, 1.165) is 5.56 Å². The van der Waals surface area contributed by atoms with Gasteiger partial charge in [-0.25, -0.2) is 0 Å². The molecule has 1 fully saturated rings. The highest BCUT2D eigenvalue weighted by molar-refractivity contribution is 8.00. The highest BCUT2D eigenvalue weighted by Gasteiger charge is 2.33. The Morgan fingerprint density at radius 1 is 1.25 bits per heavy atom. The van der Waals surface area contributed by atoms with Crippen LogP contribution in [0.4, 0.5) is 0 Å². The second-order valence-corrected chi connectivity index (χ2v) is 5.20. The molecule has 88 valence electrons. The Kier molecular flexibility index (Phi) is 4.23. The lowest BCUT2D eigenvalue weighted by Gasteiger charge is -2.15. The molecule has 2 rings (SSSR count). The molecule has 0 radical (unpaired) electrons. The second-order valence-electron chi connectivity index (χ2n) is 3.93. The Hall–Kier alpha value is -0.550. The van der Waals surface area contributed by atoms with E-state index in [9.17, 15) is 10.2 Å². The first-order valence-corrected chi connectivity index (χ1v) is 6.41. The molecular weight excluding hydrogens is 224 g/mol. The summed E-state index contributed by atoms with van der Waals surface area (Å²) < 4.78 is 5.53. The van der Waals surface area contributed by atoms with Gasteiger partial charge in [-0.05, 0) is 5.56 Å². The van der Waals surface area contributed by atoms with Crippen molar-refractivity contribution < 1.29 is 14.9 Å². The molecule has 4 heteroatoms. The van der Waals surface area contributed by atoms with Gasteiger partial charge in [-0.3, -0.25) is 0 Å². The number of benzene rings is 1. The Morgan fingerprint density at radius 2 is 2.00 bits per heavy atom. The topological polar surface area (TPSA) is 49.7 Å². The van der Waals surface area contributed by atoms with Gasteiger partial charge in [0.2, 0.25) is 0 Å². The first kappa shape index (κ1) is 11.9. The van der Waals surface area contributed by atoms with E-state index in [4.69, 9.17) is 4.74 Å². The summed E-state index contributed by atoms with van der Waals surface area (Å²) in [7, 11) is 0. The van der Waals surface area contributed by atoms with Gasteiger partial charge in [-0.15, -0.1) is 0 Å². The number of aliphatic hydroxyl groups is 2. The Labute approximate surface area is 99.4 Å². The monoisotopic (exact) mass is 240 g/mol. The van der Waals surface area contributed by atoms with Crippen molar-refractivity contribution in [2.24, 2.45) is 0 Å². The number of thioether (sulfide) groups is 1. The highest BCUT2D eigenvalue weighted by Crippen LogP contribution is 2.27. The van der Waals surface area contributed by atoms with Crippen molar-refractivity contribution in [1.29, 1.82) is 0 Å². The molecule has 3 unspecified atom stereocenters. The standard InChI is InChI=1S/C12H16O3S/c13-10-8-16-11(12(10)14)7-15-6-9-4-2-1-3-5-9/h1-5,10-14H,6-8H2. The maximum Gasteiger partial charge on any atom is 0.0947 e. The minimum Gasteiger partial charge on any atom is -0.390 e. The van der Waals surface area contributed by atoms with Crippen LogP contribution >= 0.6 is 11.8 Å². The zero-order valence-electron chi connectivity index (χ0n) is 8.95. The van der Waals surface area contributed by atoms with Crippen LogP contribution in [0.3, 0.4) is 0 Å². The summed E-state index contributed by atoms with van der Waals surface area (Å²) in [6, 6.07) is 9.93. The molecule has 3 nitrogen and oxygen atoms in total. The van der Waals surface area contributed by atoms with Crippen molar-refractivity contribution in [3.05, 3.63) is 35.9 Å². The molecule has 16 heavy (non-hydrogen) atoms. The molecule has 3 atom stereocenters. The maximum absolute atomic E-state index is 9.60. The molecule has 0 aromatic heterocycles. The fourth-order valence-corrected chi connectivity index (χ4v) is 2.89. The van der Waals surface area contributed by atoms with E-state index in [0.29, 0.717) is 19.0 Å². The van der Waals surface area contributed by atoms with Crippen LogP contribution in [0.1, 0.15) is 5.56 Å². The minimum atomic E-state index is -0.652. The lowest BCUT2D eigenvalue weighted by atomic mass is 10.2. The largest absolute Gasteiger partial charge is 0.390 e. The summed E-state index contributed by atoms with van der Waals surface area (Å²) >= 11 is 1.57. The molecule has 1 heterocycles. The molecule has 1 saturated heterocycles. The first-order chi connectivity index (χ1) is 7.77.